The number of anilines is 2. The molecule has 0 aliphatic carbocycles. The topological polar surface area (TPSA) is 55.1 Å². The summed E-state index contributed by atoms with van der Waals surface area (Å²) in [7, 11) is 0. The molecule has 0 aliphatic heterocycles. The van der Waals surface area contributed by atoms with E-state index in [-0.39, 0.29) is 11.4 Å². The maximum Gasteiger partial charge on any atom is 0.255 e. The molecule has 0 atom stereocenters. The van der Waals surface area contributed by atoms with E-state index in [0.717, 1.165) is 16.1 Å². The third-order valence-electron chi connectivity index (χ3n) is 2.76. The van der Waals surface area contributed by atoms with Crippen molar-refractivity contribution in [3.63, 3.8) is 0 Å². The predicted molar refractivity (Wildman–Crippen MR) is 77.6 cm³/mol. The maximum atomic E-state index is 13.6. The second-order valence-corrected chi connectivity index (χ2v) is 5.12. The first-order chi connectivity index (χ1) is 9.38. The average Bonchev–Trinajstić information content (AvgIpc) is 2.36. The second kappa shape index (κ2) is 5.58. The van der Waals surface area contributed by atoms with Crippen LogP contribution in [0.4, 0.5) is 20.2 Å². The predicted octanol–water partition coefficient (Wildman–Crippen LogP) is 3.87. The number of halogens is 3. The summed E-state index contributed by atoms with van der Waals surface area (Å²) in [4.78, 5) is 12.0. The molecule has 2 rings (SSSR count). The number of aryl methyl sites for hydroxylation is 1. The lowest BCUT2D eigenvalue weighted by molar-refractivity contribution is 0.102. The van der Waals surface area contributed by atoms with E-state index in [9.17, 15) is 13.6 Å². The van der Waals surface area contributed by atoms with E-state index >= 15 is 0 Å². The molecule has 1 amide bonds. The van der Waals surface area contributed by atoms with Gasteiger partial charge in [0.05, 0.1) is 5.69 Å². The number of nitrogens with two attached hydrogens (primary N) is 1. The third kappa shape index (κ3) is 2.96. The third-order valence-corrected chi connectivity index (χ3v) is 3.61. The van der Waals surface area contributed by atoms with Gasteiger partial charge in [0.15, 0.2) is 5.82 Å². The van der Waals surface area contributed by atoms with E-state index in [4.69, 9.17) is 5.73 Å². The number of amides is 1. The zero-order chi connectivity index (χ0) is 14.9. The Bertz CT molecular complexity index is 666. The Balaban J connectivity index is 2.30. The minimum absolute atomic E-state index is 0.165. The van der Waals surface area contributed by atoms with Crippen LogP contribution >= 0.6 is 15.9 Å². The van der Waals surface area contributed by atoms with Crippen molar-refractivity contribution in [2.75, 3.05) is 11.1 Å². The maximum absolute atomic E-state index is 13.6. The van der Waals surface area contributed by atoms with Gasteiger partial charge in [0.2, 0.25) is 0 Å². The van der Waals surface area contributed by atoms with Crippen LogP contribution in [0.3, 0.4) is 0 Å². The molecule has 6 heteroatoms. The molecule has 104 valence electrons. The van der Waals surface area contributed by atoms with Crippen molar-refractivity contribution >= 4 is 33.2 Å². The van der Waals surface area contributed by atoms with E-state index < -0.39 is 17.5 Å². The van der Waals surface area contributed by atoms with Gasteiger partial charge in [-0.05, 0) is 30.7 Å². The number of nitrogens with one attached hydrogen (secondary N) is 1. The number of hydrogen-bond donors (Lipinski definition) is 2. The summed E-state index contributed by atoms with van der Waals surface area (Å²) in [6.45, 7) is 1.88. The number of nitrogen functional groups attached to an aromatic ring is 1. The number of rotatable bonds is 2. The summed E-state index contributed by atoms with van der Waals surface area (Å²) in [5.74, 6) is -2.24. The molecule has 0 radical (unpaired) electrons. The molecule has 3 nitrogen and oxygen atoms in total. The second-order valence-electron chi connectivity index (χ2n) is 4.27. The summed E-state index contributed by atoms with van der Waals surface area (Å²) in [6.07, 6.45) is 0. The van der Waals surface area contributed by atoms with Gasteiger partial charge >= 0.3 is 0 Å². The number of carbonyl (C=O) groups excluding carboxylic acids is 1. The fourth-order valence-corrected chi connectivity index (χ4v) is 2.02. The minimum Gasteiger partial charge on any atom is -0.397 e. The molecule has 0 spiro atoms. The van der Waals surface area contributed by atoms with Crippen LogP contribution < -0.4 is 11.1 Å². The van der Waals surface area contributed by atoms with Crippen LogP contribution in [0.25, 0.3) is 0 Å². The van der Waals surface area contributed by atoms with Crippen molar-refractivity contribution in [1.29, 1.82) is 0 Å². The Hall–Kier alpha value is -1.95. The van der Waals surface area contributed by atoms with Gasteiger partial charge in [0, 0.05) is 16.1 Å². The van der Waals surface area contributed by atoms with Gasteiger partial charge in [-0.3, -0.25) is 4.79 Å². The zero-order valence-electron chi connectivity index (χ0n) is 10.5. The first-order valence-corrected chi connectivity index (χ1v) is 6.50. The standard InChI is InChI=1S/C14H11BrF2N2O/c1-7-2-3-8(4-10(7)15)14(20)19-13-11(17)5-9(16)6-12(13)18/h2-6H,18H2,1H3,(H,19,20). The van der Waals surface area contributed by atoms with Crippen LogP contribution in [0.15, 0.2) is 34.8 Å². The molecule has 0 saturated carbocycles. The summed E-state index contributed by atoms with van der Waals surface area (Å²) < 4.78 is 27.3. The van der Waals surface area contributed by atoms with Gasteiger partial charge in [-0.2, -0.15) is 0 Å². The monoisotopic (exact) mass is 340 g/mol. The Kier molecular flexibility index (Phi) is 4.04. The summed E-state index contributed by atoms with van der Waals surface area (Å²) in [6, 6.07) is 6.58. The van der Waals surface area contributed by atoms with Crippen molar-refractivity contribution < 1.29 is 13.6 Å². The highest BCUT2D eigenvalue weighted by Crippen LogP contribution is 2.25. The summed E-state index contributed by atoms with van der Waals surface area (Å²) in [5.41, 5.74) is 6.41. The Morgan fingerprint density at radius 3 is 2.55 bits per heavy atom. The van der Waals surface area contributed by atoms with Gasteiger partial charge in [-0.25, -0.2) is 8.78 Å². The highest BCUT2D eigenvalue weighted by molar-refractivity contribution is 9.10. The molecule has 0 aliphatic rings. The van der Waals surface area contributed by atoms with Gasteiger partial charge in [-0.15, -0.1) is 0 Å². The van der Waals surface area contributed by atoms with Gasteiger partial charge < -0.3 is 11.1 Å². The molecule has 0 bridgehead atoms. The first kappa shape index (κ1) is 14.5. The van der Waals surface area contributed by atoms with E-state index in [1.807, 2.05) is 6.92 Å². The highest BCUT2D eigenvalue weighted by Gasteiger charge is 2.14. The summed E-state index contributed by atoms with van der Waals surface area (Å²) >= 11 is 3.31. The van der Waals surface area contributed by atoms with Crippen molar-refractivity contribution in [3.05, 3.63) is 57.6 Å². The number of hydrogen-bond acceptors (Lipinski definition) is 2. The van der Waals surface area contributed by atoms with E-state index in [0.29, 0.717) is 11.6 Å². The molecule has 2 aromatic rings. The average molecular weight is 341 g/mol. The van der Waals surface area contributed by atoms with E-state index in [2.05, 4.69) is 21.2 Å². The fraction of sp³-hybridized carbons (Fsp3) is 0.0714. The highest BCUT2D eigenvalue weighted by atomic mass is 79.9. The van der Waals surface area contributed by atoms with Crippen LogP contribution in [-0.2, 0) is 0 Å². The largest absolute Gasteiger partial charge is 0.397 e. The van der Waals surface area contributed by atoms with Crippen LogP contribution in [-0.4, -0.2) is 5.91 Å². The van der Waals surface area contributed by atoms with Crippen molar-refractivity contribution in [2.24, 2.45) is 0 Å². The molecular weight excluding hydrogens is 330 g/mol. The number of benzene rings is 2. The van der Waals surface area contributed by atoms with E-state index in [1.165, 1.54) is 0 Å². The smallest absolute Gasteiger partial charge is 0.255 e. The molecule has 2 aromatic carbocycles. The molecule has 0 aromatic heterocycles. The molecule has 20 heavy (non-hydrogen) atoms. The minimum atomic E-state index is -0.915. The lowest BCUT2D eigenvalue weighted by Crippen LogP contribution is -2.14. The first-order valence-electron chi connectivity index (χ1n) is 5.70. The lowest BCUT2D eigenvalue weighted by Gasteiger charge is -2.10. The summed E-state index contributed by atoms with van der Waals surface area (Å²) in [5, 5.41) is 2.34. The Labute approximate surface area is 122 Å². The lowest BCUT2D eigenvalue weighted by atomic mass is 10.1. The van der Waals surface area contributed by atoms with Crippen LogP contribution in [0.5, 0.6) is 0 Å². The van der Waals surface area contributed by atoms with Crippen molar-refractivity contribution in [1.82, 2.24) is 0 Å². The molecular formula is C14H11BrF2N2O. The Morgan fingerprint density at radius 1 is 1.25 bits per heavy atom. The SMILES string of the molecule is Cc1ccc(C(=O)Nc2c(N)cc(F)cc2F)cc1Br. The quantitative estimate of drug-likeness (QED) is 0.815. The van der Waals surface area contributed by atoms with Crippen LogP contribution in [0.1, 0.15) is 15.9 Å². The van der Waals surface area contributed by atoms with Crippen molar-refractivity contribution in [2.45, 2.75) is 6.92 Å². The molecule has 0 fully saturated rings. The molecule has 3 N–H and O–H groups in total. The molecule has 0 unspecified atom stereocenters. The van der Waals surface area contributed by atoms with Gasteiger partial charge in [0.25, 0.3) is 5.91 Å². The Morgan fingerprint density at radius 2 is 1.95 bits per heavy atom. The van der Waals surface area contributed by atoms with Crippen molar-refractivity contribution in [3.8, 4) is 0 Å². The fourth-order valence-electron chi connectivity index (χ4n) is 1.65. The molecule has 0 heterocycles. The van der Waals surface area contributed by atoms with Gasteiger partial charge in [-0.1, -0.05) is 22.0 Å². The molecule has 0 saturated heterocycles. The van der Waals surface area contributed by atoms with E-state index in [1.54, 1.807) is 18.2 Å². The zero-order valence-corrected chi connectivity index (χ0v) is 12.1. The normalized spacial score (nSPS) is 10.4. The van der Waals surface area contributed by atoms with Crippen LogP contribution in [0, 0.1) is 18.6 Å². The van der Waals surface area contributed by atoms with Gasteiger partial charge in [0.1, 0.15) is 11.5 Å². The van der Waals surface area contributed by atoms with Crippen LogP contribution in [0.2, 0.25) is 0 Å². The number of carbonyl (C=O) groups is 1.